The van der Waals surface area contributed by atoms with E-state index in [1.54, 1.807) is 30.9 Å². The number of rotatable bonds is 3. The van der Waals surface area contributed by atoms with E-state index in [1.165, 1.54) is 12.1 Å². The van der Waals surface area contributed by atoms with Gasteiger partial charge in [-0.15, -0.1) is 0 Å². The van der Waals surface area contributed by atoms with Gasteiger partial charge in [-0.25, -0.2) is 13.7 Å². The molecule has 1 aliphatic carbocycles. The molecule has 110 valence electrons. The molecule has 5 heteroatoms. The molecule has 0 bridgehead atoms. The van der Waals surface area contributed by atoms with Crippen molar-refractivity contribution in [1.82, 2.24) is 9.55 Å². The van der Waals surface area contributed by atoms with Gasteiger partial charge in [0.25, 0.3) is 0 Å². The minimum atomic E-state index is -0.312. The molecule has 0 spiro atoms. The molecule has 0 unspecified atom stereocenters. The molecule has 3 aromatic rings. The molecule has 2 aromatic heterocycles. The van der Waals surface area contributed by atoms with Crippen LogP contribution in [0.25, 0.3) is 22.5 Å². The Morgan fingerprint density at radius 2 is 1.73 bits per heavy atom. The number of aromatic nitrogens is 3. The van der Waals surface area contributed by atoms with Crippen molar-refractivity contribution < 1.29 is 9.12 Å². The van der Waals surface area contributed by atoms with Gasteiger partial charge < -0.3 is 5.21 Å². The Bertz CT molecular complexity index is 808. The van der Waals surface area contributed by atoms with Crippen molar-refractivity contribution in [2.75, 3.05) is 0 Å². The van der Waals surface area contributed by atoms with E-state index in [2.05, 4.69) is 4.98 Å². The van der Waals surface area contributed by atoms with Crippen LogP contribution in [0.3, 0.4) is 0 Å². The van der Waals surface area contributed by atoms with Gasteiger partial charge in [0.2, 0.25) is 6.33 Å². The largest absolute Gasteiger partial charge is 0.710 e. The number of benzene rings is 1. The fourth-order valence-corrected chi connectivity index (χ4v) is 2.75. The summed E-state index contributed by atoms with van der Waals surface area (Å²) in [5, 5.41) is 12.4. The molecule has 0 saturated heterocycles. The van der Waals surface area contributed by atoms with E-state index in [0.717, 1.165) is 28.8 Å². The summed E-state index contributed by atoms with van der Waals surface area (Å²) in [5.41, 5.74) is 3.07. The first-order chi connectivity index (χ1) is 10.7. The van der Waals surface area contributed by atoms with Crippen LogP contribution in [-0.4, -0.2) is 9.55 Å². The Hall–Kier alpha value is -2.69. The molecule has 0 N–H and O–H groups in total. The second-order valence-electron chi connectivity index (χ2n) is 5.52. The molecule has 1 aromatic carbocycles. The fraction of sp³-hybridized carbons (Fsp3) is 0.176. The molecular weight excluding hydrogens is 281 g/mol. The first-order valence-electron chi connectivity index (χ1n) is 7.24. The van der Waals surface area contributed by atoms with E-state index in [-0.39, 0.29) is 5.82 Å². The smallest absolute Gasteiger partial charge is 0.248 e. The minimum Gasteiger partial charge on any atom is -0.710 e. The van der Waals surface area contributed by atoms with E-state index >= 15 is 0 Å². The average molecular weight is 295 g/mol. The van der Waals surface area contributed by atoms with Gasteiger partial charge in [0, 0.05) is 23.5 Å². The van der Waals surface area contributed by atoms with Gasteiger partial charge in [0.15, 0.2) is 11.4 Å². The normalized spacial score (nSPS) is 14.2. The van der Waals surface area contributed by atoms with Crippen LogP contribution < -0.4 is 4.73 Å². The summed E-state index contributed by atoms with van der Waals surface area (Å²) in [4.78, 5) is 4.04. The SMILES string of the molecule is [O-][n+]1cn(C2CC2)c(-c2ccncc2)c1-c1ccc(F)cc1. The lowest BCUT2D eigenvalue weighted by Gasteiger charge is -2.06. The first kappa shape index (κ1) is 13.0. The number of imidazole rings is 1. The molecule has 2 heterocycles. The summed E-state index contributed by atoms with van der Waals surface area (Å²) < 4.78 is 16.1. The number of hydrogen-bond acceptors (Lipinski definition) is 2. The van der Waals surface area contributed by atoms with E-state index in [0.29, 0.717) is 17.3 Å². The Labute approximate surface area is 127 Å². The van der Waals surface area contributed by atoms with Gasteiger partial charge in [0.1, 0.15) is 11.9 Å². The van der Waals surface area contributed by atoms with E-state index < -0.39 is 0 Å². The van der Waals surface area contributed by atoms with Gasteiger partial charge in [-0.3, -0.25) is 4.98 Å². The van der Waals surface area contributed by atoms with E-state index in [4.69, 9.17) is 0 Å². The predicted octanol–water partition coefficient (Wildman–Crippen LogP) is 3.32. The van der Waals surface area contributed by atoms with Crippen LogP contribution in [0.5, 0.6) is 0 Å². The second kappa shape index (κ2) is 4.94. The van der Waals surface area contributed by atoms with Gasteiger partial charge in [-0.05, 0) is 49.2 Å². The molecular formula is C17H14FN3O. The van der Waals surface area contributed by atoms with E-state index in [1.807, 2.05) is 16.7 Å². The number of halogens is 1. The summed E-state index contributed by atoms with van der Waals surface area (Å²) in [5.74, 6) is -0.312. The lowest BCUT2D eigenvalue weighted by atomic mass is 10.1. The molecule has 4 rings (SSSR count). The predicted molar refractivity (Wildman–Crippen MR) is 80.3 cm³/mol. The van der Waals surface area contributed by atoms with Crippen molar-refractivity contribution in [2.24, 2.45) is 0 Å². The maximum Gasteiger partial charge on any atom is 0.248 e. The number of nitrogens with zero attached hydrogens (tertiary/aromatic N) is 3. The Morgan fingerprint density at radius 1 is 1.05 bits per heavy atom. The van der Waals surface area contributed by atoms with Crippen LogP contribution in [0, 0.1) is 11.0 Å². The fourth-order valence-electron chi connectivity index (χ4n) is 2.75. The maximum atomic E-state index is 13.2. The van der Waals surface area contributed by atoms with Crippen LogP contribution in [-0.2, 0) is 0 Å². The number of hydrogen-bond donors (Lipinski definition) is 0. The van der Waals surface area contributed by atoms with Crippen molar-refractivity contribution >= 4 is 0 Å². The topological polar surface area (TPSA) is 44.8 Å². The van der Waals surface area contributed by atoms with Crippen molar-refractivity contribution in [1.29, 1.82) is 0 Å². The standard InChI is InChI=1S/C17H14FN3O/c18-14-3-1-12(2-4-14)17-16(13-7-9-19-10-8-13)20(11-21(17)22)15-5-6-15/h1-4,7-11,15H,5-6H2. The quantitative estimate of drug-likeness (QED) is 0.549. The van der Waals surface area contributed by atoms with Crippen molar-refractivity contribution in [3.05, 3.63) is 66.1 Å². The lowest BCUT2D eigenvalue weighted by Crippen LogP contribution is -2.25. The minimum absolute atomic E-state index is 0.312. The second-order valence-corrected chi connectivity index (χ2v) is 5.52. The van der Waals surface area contributed by atoms with Crippen LogP contribution in [0.2, 0.25) is 0 Å². The highest BCUT2D eigenvalue weighted by Gasteiger charge is 2.35. The summed E-state index contributed by atoms with van der Waals surface area (Å²) >= 11 is 0. The zero-order chi connectivity index (χ0) is 15.1. The monoisotopic (exact) mass is 295 g/mol. The average Bonchev–Trinajstić information content (AvgIpc) is 3.33. The van der Waals surface area contributed by atoms with Gasteiger partial charge >= 0.3 is 0 Å². The van der Waals surface area contributed by atoms with Crippen LogP contribution in [0.1, 0.15) is 18.9 Å². The first-order valence-corrected chi connectivity index (χ1v) is 7.24. The highest BCUT2D eigenvalue weighted by molar-refractivity contribution is 5.76. The van der Waals surface area contributed by atoms with Gasteiger partial charge in [0.05, 0.1) is 0 Å². The summed E-state index contributed by atoms with van der Waals surface area (Å²) in [6, 6.07) is 10.2. The van der Waals surface area contributed by atoms with Crippen molar-refractivity contribution in [3.63, 3.8) is 0 Å². The third-order valence-electron chi connectivity index (χ3n) is 3.94. The molecule has 22 heavy (non-hydrogen) atoms. The molecule has 0 aliphatic heterocycles. The lowest BCUT2D eigenvalue weighted by molar-refractivity contribution is -0.593. The highest BCUT2D eigenvalue weighted by Crippen LogP contribution is 2.41. The Kier molecular flexibility index (Phi) is 2.92. The van der Waals surface area contributed by atoms with E-state index in [9.17, 15) is 9.60 Å². The van der Waals surface area contributed by atoms with Crippen LogP contribution >= 0.6 is 0 Å². The molecule has 4 nitrogen and oxygen atoms in total. The van der Waals surface area contributed by atoms with Crippen LogP contribution in [0.15, 0.2) is 55.1 Å². The number of pyridine rings is 1. The maximum absolute atomic E-state index is 13.2. The van der Waals surface area contributed by atoms with Crippen molar-refractivity contribution in [2.45, 2.75) is 18.9 Å². The summed E-state index contributed by atoms with van der Waals surface area (Å²) in [6.45, 7) is 0. The van der Waals surface area contributed by atoms with Crippen molar-refractivity contribution in [3.8, 4) is 22.5 Å². The van der Waals surface area contributed by atoms with Gasteiger partial charge in [-0.2, -0.15) is 0 Å². The zero-order valence-electron chi connectivity index (χ0n) is 11.8. The molecule has 1 aliphatic rings. The van der Waals surface area contributed by atoms with Crippen LogP contribution in [0.4, 0.5) is 4.39 Å². The molecule has 0 atom stereocenters. The molecule has 1 fully saturated rings. The Morgan fingerprint density at radius 3 is 2.36 bits per heavy atom. The third kappa shape index (κ3) is 2.15. The molecule has 1 saturated carbocycles. The third-order valence-corrected chi connectivity index (χ3v) is 3.94. The zero-order valence-corrected chi connectivity index (χ0v) is 11.8. The molecule has 0 radical (unpaired) electrons. The Balaban J connectivity index is 1.95. The van der Waals surface area contributed by atoms with Gasteiger partial charge in [-0.1, -0.05) is 0 Å². The molecule has 0 amide bonds. The summed E-state index contributed by atoms with van der Waals surface area (Å²) in [7, 11) is 0. The highest BCUT2D eigenvalue weighted by atomic mass is 19.1. The summed E-state index contributed by atoms with van der Waals surface area (Å²) in [6.07, 6.45) is 7.17.